The molecule has 8 heteroatoms. The van der Waals surface area contributed by atoms with E-state index in [1.807, 2.05) is 0 Å². The highest BCUT2D eigenvalue weighted by atomic mass is 35.5. The van der Waals surface area contributed by atoms with Crippen LogP contribution in [-0.2, 0) is 6.61 Å². The van der Waals surface area contributed by atoms with Crippen LogP contribution in [-0.4, -0.2) is 23.2 Å². The molecule has 0 aromatic heterocycles. The van der Waals surface area contributed by atoms with Crippen LogP contribution in [0.3, 0.4) is 0 Å². The Morgan fingerprint density at radius 1 is 1.46 bits per heavy atom. The summed E-state index contributed by atoms with van der Waals surface area (Å²) in [6.07, 6.45) is 0. The Bertz CT molecular complexity index is 768. The first-order valence-corrected chi connectivity index (χ1v) is 7.36. The minimum atomic E-state index is -0.597. The van der Waals surface area contributed by atoms with Gasteiger partial charge in [0.1, 0.15) is 23.9 Å². The predicted octanol–water partition coefficient (Wildman–Crippen LogP) is 3.41. The first-order chi connectivity index (χ1) is 11.3. The van der Waals surface area contributed by atoms with Gasteiger partial charge in [-0.15, -0.1) is 0 Å². The normalized spacial score (nSPS) is 10.4. The highest BCUT2D eigenvalue weighted by Crippen LogP contribution is 2.32. The third kappa shape index (κ3) is 4.06. The van der Waals surface area contributed by atoms with Crippen molar-refractivity contribution >= 4 is 23.3 Å². The highest BCUT2D eigenvalue weighted by molar-refractivity contribution is 6.32. The average molecular weight is 354 g/mol. The van der Waals surface area contributed by atoms with Crippen molar-refractivity contribution in [3.8, 4) is 11.5 Å². The van der Waals surface area contributed by atoms with Crippen molar-refractivity contribution in [2.24, 2.45) is 5.84 Å². The van der Waals surface area contributed by atoms with Crippen LogP contribution in [0.1, 0.15) is 11.1 Å². The highest BCUT2D eigenvalue weighted by Gasteiger charge is 2.14. The fourth-order valence-electron chi connectivity index (χ4n) is 1.93. The quantitative estimate of drug-likeness (QED) is 0.446. The van der Waals surface area contributed by atoms with Crippen LogP contribution in [0, 0.1) is 12.7 Å². The number of rotatable bonds is 4. The molecule has 0 fully saturated rings. The molecule has 0 aliphatic heterocycles. The fourth-order valence-corrected chi connectivity index (χ4v) is 2.14. The van der Waals surface area contributed by atoms with Crippen LogP contribution in [0.4, 0.5) is 14.9 Å². The fraction of sp³-hybridized carbons (Fsp3) is 0.188. The molecule has 2 aromatic carbocycles. The third-order valence-corrected chi connectivity index (χ3v) is 3.60. The monoisotopic (exact) mass is 353 g/mol. The number of hydrogen-bond acceptors (Lipinski definition) is 4. The van der Waals surface area contributed by atoms with E-state index in [1.54, 1.807) is 13.0 Å². The lowest BCUT2D eigenvalue weighted by atomic mass is 10.1. The van der Waals surface area contributed by atoms with Gasteiger partial charge in [-0.25, -0.2) is 15.0 Å². The largest absolute Gasteiger partial charge is 0.508 e. The maximum atomic E-state index is 14.1. The number of carbonyl (C=O) groups excluding carboxylic acids is 1. The van der Waals surface area contributed by atoms with E-state index in [2.05, 4.69) is 5.32 Å². The molecule has 0 unspecified atom stereocenters. The van der Waals surface area contributed by atoms with E-state index in [-0.39, 0.29) is 28.6 Å². The van der Waals surface area contributed by atoms with Gasteiger partial charge in [-0.3, -0.25) is 5.01 Å². The average Bonchev–Trinajstić information content (AvgIpc) is 2.51. The van der Waals surface area contributed by atoms with E-state index in [9.17, 15) is 14.3 Å². The van der Waals surface area contributed by atoms with Gasteiger partial charge < -0.3 is 15.2 Å². The molecule has 0 saturated carbocycles. The molecule has 0 heterocycles. The molecule has 24 heavy (non-hydrogen) atoms. The van der Waals surface area contributed by atoms with E-state index in [0.717, 1.165) is 5.01 Å². The number of nitrogens with zero attached hydrogens (tertiary/aromatic N) is 1. The predicted molar refractivity (Wildman–Crippen MR) is 89.6 cm³/mol. The number of benzene rings is 2. The zero-order valence-electron chi connectivity index (χ0n) is 13.1. The lowest BCUT2D eigenvalue weighted by Crippen LogP contribution is -2.37. The number of aryl methyl sites for hydroxylation is 1. The van der Waals surface area contributed by atoms with Gasteiger partial charge in [0.2, 0.25) is 0 Å². The number of phenolic OH excluding ortho intramolecular Hbond substituents is 1. The first-order valence-electron chi connectivity index (χ1n) is 6.98. The number of hydrazine groups is 1. The van der Waals surface area contributed by atoms with E-state index < -0.39 is 11.8 Å². The molecule has 2 rings (SSSR count). The van der Waals surface area contributed by atoms with Crippen molar-refractivity contribution in [3.05, 3.63) is 52.3 Å². The van der Waals surface area contributed by atoms with Crippen molar-refractivity contribution in [2.75, 3.05) is 12.4 Å². The van der Waals surface area contributed by atoms with Gasteiger partial charge in [-0.2, -0.15) is 0 Å². The Hall–Kier alpha value is -2.51. The maximum absolute atomic E-state index is 14.1. The summed E-state index contributed by atoms with van der Waals surface area (Å²) in [4.78, 5) is 11.7. The number of aromatic hydroxyl groups is 1. The summed E-state index contributed by atoms with van der Waals surface area (Å²) in [7, 11) is 1.36. The summed E-state index contributed by atoms with van der Waals surface area (Å²) in [5, 5.41) is 13.1. The molecule has 0 bridgehead atoms. The van der Waals surface area contributed by atoms with Gasteiger partial charge in [0, 0.05) is 18.7 Å². The van der Waals surface area contributed by atoms with Crippen molar-refractivity contribution in [1.82, 2.24) is 5.01 Å². The summed E-state index contributed by atoms with van der Waals surface area (Å²) in [6, 6.07) is 6.55. The second-order valence-electron chi connectivity index (χ2n) is 5.16. The molecule has 128 valence electrons. The first kappa shape index (κ1) is 17.8. The zero-order chi connectivity index (χ0) is 17.9. The molecule has 0 saturated heterocycles. The lowest BCUT2D eigenvalue weighted by molar-refractivity contribution is 0.223. The second kappa shape index (κ2) is 7.37. The molecule has 2 amide bonds. The molecule has 0 radical (unpaired) electrons. The molecule has 0 atom stereocenters. The lowest BCUT2D eigenvalue weighted by Gasteiger charge is -2.16. The van der Waals surface area contributed by atoms with Gasteiger partial charge in [0.15, 0.2) is 0 Å². The van der Waals surface area contributed by atoms with Crippen LogP contribution >= 0.6 is 11.6 Å². The Morgan fingerprint density at radius 2 is 2.17 bits per heavy atom. The number of ether oxygens (including phenoxy) is 1. The molecule has 0 aliphatic carbocycles. The molecule has 4 N–H and O–H groups in total. The number of nitrogens with one attached hydrogen (secondary N) is 1. The topological polar surface area (TPSA) is 87.8 Å². The maximum Gasteiger partial charge on any atom is 0.335 e. The van der Waals surface area contributed by atoms with E-state index in [1.165, 1.54) is 31.3 Å². The Labute approximate surface area is 143 Å². The molecule has 2 aromatic rings. The molecule has 6 nitrogen and oxygen atoms in total. The van der Waals surface area contributed by atoms with Crippen LogP contribution in [0.25, 0.3) is 0 Å². The number of amides is 2. The summed E-state index contributed by atoms with van der Waals surface area (Å²) in [5.74, 6) is 5.13. The van der Waals surface area contributed by atoms with Gasteiger partial charge >= 0.3 is 6.03 Å². The molecule has 0 aliphatic rings. The Balaban J connectivity index is 2.24. The van der Waals surface area contributed by atoms with Crippen LogP contribution in [0.15, 0.2) is 30.3 Å². The summed E-state index contributed by atoms with van der Waals surface area (Å²) in [6.45, 7) is 1.52. The van der Waals surface area contributed by atoms with Gasteiger partial charge in [0.05, 0.1) is 10.7 Å². The van der Waals surface area contributed by atoms with Crippen molar-refractivity contribution in [2.45, 2.75) is 13.5 Å². The SMILES string of the molecule is Cc1cc(OCc2c(F)cccc2NC(=O)N(C)N)c(Cl)cc1O. The van der Waals surface area contributed by atoms with E-state index in [4.69, 9.17) is 22.2 Å². The minimum absolute atomic E-state index is 0.0391. The molecular weight excluding hydrogens is 337 g/mol. The number of anilines is 1. The second-order valence-corrected chi connectivity index (χ2v) is 5.57. The Morgan fingerprint density at radius 3 is 2.83 bits per heavy atom. The van der Waals surface area contributed by atoms with Crippen LogP contribution in [0.5, 0.6) is 11.5 Å². The van der Waals surface area contributed by atoms with Gasteiger partial charge in [0.25, 0.3) is 0 Å². The molecule has 0 spiro atoms. The summed E-state index contributed by atoms with van der Waals surface area (Å²) >= 11 is 6.00. The van der Waals surface area contributed by atoms with Crippen molar-refractivity contribution in [1.29, 1.82) is 0 Å². The van der Waals surface area contributed by atoms with Gasteiger partial charge in [-0.1, -0.05) is 17.7 Å². The smallest absolute Gasteiger partial charge is 0.335 e. The van der Waals surface area contributed by atoms with Gasteiger partial charge in [-0.05, 0) is 30.7 Å². The number of phenols is 1. The third-order valence-electron chi connectivity index (χ3n) is 3.30. The number of nitrogens with two attached hydrogens (primary N) is 1. The minimum Gasteiger partial charge on any atom is -0.508 e. The summed E-state index contributed by atoms with van der Waals surface area (Å²) in [5.41, 5.74) is 0.958. The number of carbonyl (C=O) groups is 1. The van der Waals surface area contributed by atoms with Crippen LogP contribution < -0.4 is 15.9 Å². The Kier molecular flexibility index (Phi) is 5.48. The van der Waals surface area contributed by atoms with Crippen molar-refractivity contribution in [3.63, 3.8) is 0 Å². The number of halogens is 2. The zero-order valence-corrected chi connectivity index (χ0v) is 13.9. The van der Waals surface area contributed by atoms with Crippen molar-refractivity contribution < 1.29 is 19.0 Å². The number of hydrogen-bond donors (Lipinski definition) is 3. The number of urea groups is 1. The summed E-state index contributed by atoms with van der Waals surface area (Å²) < 4.78 is 19.6. The standard InChI is InChI=1S/C16H17ClFN3O3/c1-9-6-15(11(17)7-14(9)22)24-8-10-12(18)4-3-5-13(10)20-16(23)21(2)19/h3-7,22H,8,19H2,1-2H3,(H,20,23). The molecular formula is C16H17ClFN3O3. The van der Waals surface area contributed by atoms with E-state index in [0.29, 0.717) is 11.3 Å². The van der Waals surface area contributed by atoms with E-state index >= 15 is 0 Å². The van der Waals surface area contributed by atoms with Crippen LogP contribution in [0.2, 0.25) is 5.02 Å².